The third-order valence-electron chi connectivity index (χ3n) is 2.87. The molecule has 0 unspecified atom stereocenters. The SMILES string of the molecule is CSc1sccc1C=NN(C)S(=O)(=O)c1ccc(C)cc1. The van der Waals surface area contributed by atoms with Crippen molar-refractivity contribution in [3.05, 3.63) is 46.8 Å². The van der Waals surface area contributed by atoms with E-state index in [1.165, 1.54) is 7.05 Å². The van der Waals surface area contributed by atoms with Gasteiger partial charge in [0, 0.05) is 12.6 Å². The molecule has 0 aliphatic rings. The number of aryl methyl sites for hydroxylation is 1. The molecule has 0 bridgehead atoms. The molecular weight excluding hydrogens is 324 g/mol. The number of hydrazone groups is 1. The Morgan fingerprint density at radius 3 is 2.52 bits per heavy atom. The van der Waals surface area contributed by atoms with Gasteiger partial charge in [-0.1, -0.05) is 17.7 Å². The number of hydrogen-bond acceptors (Lipinski definition) is 5. The Morgan fingerprint density at radius 2 is 1.90 bits per heavy atom. The van der Waals surface area contributed by atoms with Gasteiger partial charge in [0.25, 0.3) is 10.0 Å². The van der Waals surface area contributed by atoms with Crippen molar-refractivity contribution in [3.8, 4) is 0 Å². The van der Waals surface area contributed by atoms with Crippen LogP contribution in [0.2, 0.25) is 0 Å². The maximum absolute atomic E-state index is 12.4. The van der Waals surface area contributed by atoms with E-state index >= 15 is 0 Å². The predicted molar refractivity (Wildman–Crippen MR) is 89.8 cm³/mol. The third kappa shape index (κ3) is 3.66. The second-order valence-electron chi connectivity index (χ2n) is 4.36. The van der Waals surface area contributed by atoms with Crippen molar-refractivity contribution in [2.24, 2.45) is 5.10 Å². The standard InChI is InChI=1S/C14H16N2O2S3/c1-11-4-6-13(7-5-11)21(17,18)16(2)15-10-12-8-9-20-14(12)19-3/h4-10H,1-3H3. The van der Waals surface area contributed by atoms with Crippen LogP contribution in [0, 0.1) is 6.92 Å². The average molecular weight is 340 g/mol. The third-order valence-corrected chi connectivity index (χ3v) is 6.64. The normalized spacial score (nSPS) is 12.0. The molecule has 0 saturated heterocycles. The quantitative estimate of drug-likeness (QED) is 0.476. The average Bonchev–Trinajstić information content (AvgIpc) is 2.92. The van der Waals surface area contributed by atoms with Gasteiger partial charge in [0.15, 0.2) is 0 Å². The van der Waals surface area contributed by atoms with Crippen LogP contribution in [0.5, 0.6) is 0 Å². The number of sulfonamides is 1. The molecule has 4 nitrogen and oxygen atoms in total. The molecule has 2 aromatic rings. The molecule has 1 aromatic heterocycles. The second kappa shape index (κ2) is 6.64. The molecule has 0 aliphatic heterocycles. The Morgan fingerprint density at radius 1 is 1.24 bits per heavy atom. The maximum Gasteiger partial charge on any atom is 0.278 e. The van der Waals surface area contributed by atoms with E-state index in [9.17, 15) is 8.42 Å². The van der Waals surface area contributed by atoms with Crippen molar-refractivity contribution < 1.29 is 8.42 Å². The highest BCUT2D eigenvalue weighted by atomic mass is 32.2. The van der Waals surface area contributed by atoms with Crippen LogP contribution in [0.1, 0.15) is 11.1 Å². The first-order valence-corrected chi connectivity index (χ1v) is 9.70. The highest BCUT2D eigenvalue weighted by Gasteiger charge is 2.18. The summed E-state index contributed by atoms with van der Waals surface area (Å²) in [6, 6.07) is 8.65. The highest BCUT2D eigenvalue weighted by molar-refractivity contribution is 8.00. The minimum absolute atomic E-state index is 0.239. The maximum atomic E-state index is 12.4. The van der Waals surface area contributed by atoms with Gasteiger partial charge < -0.3 is 0 Å². The number of rotatable bonds is 5. The van der Waals surface area contributed by atoms with Crippen LogP contribution in [-0.2, 0) is 10.0 Å². The summed E-state index contributed by atoms with van der Waals surface area (Å²) in [6.07, 6.45) is 3.56. The van der Waals surface area contributed by atoms with Crippen molar-refractivity contribution in [2.75, 3.05) is 13.3 Å². The van der Waals surface area contributed by atoms with Crippen LogP contribution in [0.3, 0.4) is 0 Å². The second-order valence-corrected chi connectivity index (χ2v) is 8.31. The van der Waals surface area contributed by atoms with Crippen molar-refractivity contribution in [1.82, 2.24) is 4.41 Å². The molecule has 1 heterocycles. The van der Waals surface area contributed by atoms with Crippen molar-refractivity contribution in [3.63, 3.8) is 0 Å². The Hall–Kier alpha value is -1.31. The zero-order chi connectivity index (χ0) is 15.5. The zero-order valence-electron chi connectivity index (χ0n) is 12.0. The molecule has 2 rings (SSSR count). The molecule has 0 radical (unpaired) electrons. The van der Waals surface area contributed by atoms with E-state index in [1.54, 1.807) is 53.6 Å². The Bertz CT molecular complexity index is 734. The zero-order valence-corrected chi connectivity index (χ0v) is 14.4. The molecule has 112 valence electrons. The van der Waals surface area contributed by atoms with E-state index < -0.39 is 10.0 Å². The lowest BCUT2D eigenvalue weighted by Gasteiger charge is -2.13. The summed E-state index contributed by atoms with van der Waals surface area (Å²) in [5, 5.41) is 6.02. The molecule has 21 heavy (non-hydrogen) atoms. The molecule has 0 amide bonds. The number of thioether (sulfide) groups is 1. The molecule has 1 aromatic carbocycles. The monoisotopic (exact) mass is 340 g/mol. The van der Waals surface area contributed by atoms with Crippen LogP contribution < -0.4 is 0 Å². The summed E-state index contributed by atoms with van der Waals surface area (Å²) >= 11 is 3.23. The molecule has 0 N–H and O–H groups in total. The Labute approximate surface area is 133 Å². The molecule has 7 heteroatoms. The lowest BCUT2D eigenvalue weighted by atomic mass is 10.2. The molecule has 0 spiro atoms. The molecular formula is C14H16N2O2S3. The first-order valence-electron chi connectivity index (χ1n) is 6.16. The summed E-state index contributed by atoms with van der Waals surface area (Å²) < 4.78 is 26.8. The van der Waals surface area contributed by atoms with Gasteiger partial charge in [0.05, 0.1) is 15.3 Å². The summed E-state index contributed by atoms with van der Waals surface area (Å²) in [4.78, 5) is 0.239. The van der Waals surface area contributed by atoms with Gasteiger partial charge in [-0.05, 0) is 36.8 Å². The minimum Gasteiger partial charge on any atom is -0.200 e. The van der Waals surface area contributed by atoms with E-state index in [0.717, 1.165) is 19.8 Å². The van der Waals surface area contributed by atoms with Gasteiger partial charge in [-0.3, -0.25) is 0 Å². The lowest BCUT2D eigenvalue weighted by molar-refractivity contribution is 0.491. The molecule has 0 atom stereocenters. The number of benzene rings is 1. The number of nitrogens with zero attached hydrogens (tertiary/aromatic N) is 2. The lowest BCUT2D eigenvalue weighted by Crippen LogP contribution is -2.21. The molecule has 0 aliphatic carbocycles. The number of thiophene rings is 1. The fourth-order valence-electron chi connectivity index (χ4n) is 1.64. The summed E-state index contributed by atoms with van der Waals surface area (Å²) in [6.45, 7) is 1.92. The van der Waals surface area contributed by atoms with Crippen LogP contribution in [-0.4, -0.2) is 32.4 Å². The summed E-state index contributed by atoms with van der Waals surface area (Å²) in [5.74, 6) is 0. The van der Waals surface area contributed by atoms with Crippen LogP contribution >= 0.6 is 23.1 Å². The van der Waals surface area contributed by atoms with E-state index in [-0.39, 0.29) is 4.90 Å². The van der Waals surface area contributed by atoms with Gasteiger partial charge in [-0.2, -0.15) is 17.9 Å². The van der Waals surface area contributed by atoms with E-state index in [4.69, 9.17) is 0 Å². The van der Waals surface area contributed by atoms with Gasteiger partial charge in [0.1, 0.15) is 0 Å². The fraction of sp³-hybridized carbons (Fsp3) is 0.214. The Balaban J connectivity index is 2.23. The molecule has 0 saturated carbocycles. The van der Waals surface area contributed by atoms with Crippen LogP contribution in [0.15, 0.2) is 49.9 Å². The van der Waals surface area contributed by atoms with Gasteiger partial charge >= 0.3 is 0 Å². The van der Waals surface area contributed by atoms with Gasteiger partial charge in [0.2, 0.25) is 0 Å². The van der Waals surface area contributed by atoms with Crippen LogP contribution in [0.4, 0.5) is 0 Å². The summed E-state index contributed by atoms with van der Waals surface area (Å²) in [7, 11) is -2.16. The van der Waals surface area contributed by atoms with Crippen molar-refractivity contribution in [1.29, 1.82) is 0 Å². The topological polar surface area (TPSA) is 49.7 Å². The van der Waals surface area contributed by atoms with Gasteiger partial charge in [-0.25, -0.2) is 0 Å². The minimum atomic E-state index is -3.60. The summed E-state index contributed by atoms with van der Waals surface area (Å²) in [5.41, 5.74) is 1.95. The molecule has 0 fully saturated rings. The van der Waals surface area contributed by atoms with Crippen molar-refractivity contribution >= 4 is 39.3 Å². The van der Waals surface area contributed by atoms with Gasteiger partial charge in [-0.15, -0.1) is 23.1 Å². The first-order chi connectivity index (χ1) is 9.95. The first kappa shape index (κ1) is 16.1. The predicted octanol–water partition coefficient (Wildman–Crippen LogP) is 3.43. The highest BCUT2D eigenvalue weighted by Crippen LogP contribution is 2.25. The largest absolute Gasteiger partial charge is 0.278 e. The van der Waals surface area contributed by atoms with Crippen molar-refractivity contribution in [2.45, 2.75) is 16.0 Å². The van der Waals surface area contributed by atoms with E-state index in [1.807, 2.05) is 24.6 Å². The van der Waals surface area contributed by atoms with E-state index in [2.05, 4.69) is 5.10 Å². The van der Waals surface area contributed by atoms with Crippen LogP contribution in [0.25, 0.3) is 0 Å². The fourth-order valence-corrected chi connectivity index (χ4v) is 4.09. The number of hydrogen-bond donors (Lipinski definition) is 0. The Kier molecular flexibility index (Phi) is 5.08. The van der Waals surface area contributed by atoms with E-state index in [0.29, 0.717) is 0 Å². The smallest absolute Gasteiger partial charge is 0.200 e.